The molecular weight excluding hydrogens is 380 g/mol. The number of nitrogens with one attached hydrogen (secondary N) is 1. The van der Waals surface area contributed by atoms with Crippen LogP contribution in [-0.2, 0) is 16.0 Å². The van der Waals surface area contributed by atoms with E-state index in [0.29, 0.717) is 23.7 Å². The summed E-state index contributed by atoms with van der Waals surface area (Å²) in [5.41, 5.74) is 2.83. The third-order valence-electron chi connectivity index (χ3n) is 6.22. The number of carbonyl (C=O) groups is 2. The molecule has 0 bridgehead atoms. The maximum atomic E-state index is 13.4. The highest BCUT2D eigenvalue weighted by Crippen LogP contribution is 2.37. The summed E-state index contributed by atoms with van der Waals surface area (Å²) < 4.78 is 10.6. The highest BCUT2D eigenvalue weighted by atomic mass is 16.5. The van der Waals surface area contributed by atoms with Crippen LogP contribution in [0.15, 0.2) is 42.5 Å². The van der Waals surface area contributed by atoms with Gasteiger partial charge in [-0.2, -0.15) is 0 Å². The number of hydrogen-bond acceptors (Lipinski definition) is 4. The van der Waals surface area contributed by atoms with Crippen molar-refractivity contribution in [2.24, 2.45) is 11.8 Å². The van der Waals surface area contributed by atoms with Gasteiger partial charge in [0.2, 0.25) is 11.8 Å². The van der Waals surface area contributed by atoms with Gasteiger partial charge in [-0.05, 0) is 43.0 Å². The smallest absolute Gasteiger partial charge is 0.230 e. The number of nitrogens with zero attached hydrogens (tertiary/aromatic N) is 1. The lowest BCUT2D eigenvalue weighted by molar-refractivity contribution is -0.132. The molecule has 1 aliphatic heterocycles. The number of benzene rings is 2. The Bertz CT molecular complexity index is 943. The monoisotopic (exact) mass is 408 g/mol. The van der Waals surface area contributed by atoms with Gasteiger partial charge in [0.25, 0.3) is 0 Å². The highest BCUT2D eigenvalue weighted by Gasteiger charge is 2.39. The molecule has 2 aromatic carbocycles. The van der Waals surface area contributed by atoms with E-state index in [1.807, 2.05) is 23.1 Å². The fraction of sp³-hybridized carbons (Fsp3) is 0.417. The van der Waals surface area contributed by atoms with E-state index in [4.69, 9.17) is 9.47 Å². The minimum atomic E-state index is -0.327. The van der Waals surface area contributed by atoms with Gasteiger partial charge in [-0.25, -0.2) is 0 Å². The van der Waals surface area contributed by atoms with Crippen LogP contribution in [0, 0.1) is 11.8 Å². The van der Waals surface area contributed by atoms with Crippen LogP contribution in [0.25, 0.3) is 0 Å². The summed E-state index contributed by atoms with van der Waals surface area (Å²) >= 11 is 0. The first-order valence-corrected chi connectivity index (χ1v) is 10.5. The zero-order chi connectivity index (χ0) is 21.1. The fourth-order valence-electron chi connectivity index (χ4n) is 4.66. The van der Waals surface area contributed by atoms with Crippen molar-refractivity contribution in [3.8, 4) is 11.5 Å². The van der Waals surface area contributed by atoms with E-state index in [0.717, 1.165) is 37.8 Å². The van der Waals surface area contributed by atoms with Crippen molar-refractivity contribution >= 4 is 23.2 Å². The Kier molecular flexibility index (Phi) is 5.93. The molecule has 0 aromatic heterocycles. The van der Waals surface area contributed by atoms with Crippen LogP contribution < -0.4 is 19.7 Å². The molecule has 1 saturated carbocycles. The minimum Gasteiger partial charge on any atom is -0.493 e. The van der Waals surface area contributed by atoms with Crippen LogP contribution >= 0.6 is 0 Å². The zero-order valence-corrected chi connectivity index (χ0v) is 17.5. The molecule has 158 valence electrons. The summed E-state index contributed by atoms with van der Waals surface area (Å²) in [4.78, 5) is 28.4. The molecule has 1 aliphatic carbocycles. The molecule has 2 aliphatic rings. The Morgan fingerprint density at radius 3 is 2.47 bits per heavy atom. The molecule has 2 amide bonds. The maximum Gasteiger partial charge on any atom is 0.230 e. The van der Waals surface area contributed by atoms with E-state index in [1.54, 1.807) is 32.4 Å². The SMILES string of the molecule is COc1ccc(NC(=O)C2CCCCC2C(=O)N2CCc3ccccc32)cc1OC. The van der Waals surface area contributed by atoms with Gasteiger partial charge in [-0.1, -0.05) is 31.0 Å². The molecule has 0 saturated heterocycles. The molecule has 4 rings (SSSR count). The van der Waals surface area contributed by atoms with Crippen molar-refractivity contribution < 1.29 is 19.1 Å². The van der Waals surface area contributed by atoms with Crippen LogP contribution in [0.4, 0.5) is 11.4 Å². The summed E-state index contributed by atoms with van der Waals surface area (Å²) in [5.74, 6) is 0.520. The summed E-state index contributed by atoms with van der Waals surface area (Å²) in [6, 6.07) is 13.3. The van der Waals surface area contributed by atoms with E-state index in [1.165, 1.54) is 5.56 Å². The van der Waals surface area contributed by atoms with Gasteiger partial charge in [-0.15, -0.1) is 0 Å². The van der Waals surface area contributed by atoms with E-state index >= 15 is 0 Å². The van der Waals surface area contributed by atoms with E-state index in [2.05, 4.69) is 11.4 Å². The van der Waals surface area contributed by atoms with Crippen molar-refractivity contribution in [1.82, 2.24) is 0 Å². The number of carbonyl (C=O) groups excluding carboxylic acids is 2. The van der Waals surface area contributed by atoms with Gasteiger partial charge in [0.1, 0.15) is 0 Å². The van der Waals surface area contributed by atoms with Crippen molar-refractivity contribution in [1.29, 1.82) is 0 Å². The molecular formula is C24H28N2O4. The Balaban J connectivity index is 1.51. The number of ether oxygens (including phenoxy) is 2. The Labute approximate surface area is 177 Å². The quantitative estimate of drug-likeness (QED) is 0.811. The third kappa shape index (κ3) is 3.86. The summed E-state index contributed by atoms with van der Waals surface area (Å²) in [7, 11) is 3.14. The first-order chi connectivity index (χ1) is 14.6. The average Bonchev–Trinajstić information content (AvgIpc) is 3.22. The third-order valence-corrected chi connectivity index (χ3v) is 6.22. The van der Waals surface area contributed by atoms with Crippen LogP contribution in [0.2, 0.25) is 0 Å². The molecule has 30 heavy (non-hydrogen) atoms. The lowest BCUT2D eigenvalue weighted by atomic mass is 9.77. The summed E-state index contributed by atoms with van der Waals surface area (Å²) in [6.07, 6.45) is 4.29. The summed E-state index contributed by atoms with van der Waals surface area (Å²) in [6.45, 7) is 0.693. The van der Waals surface area contributed by atoms with Gasteiger partial charge in [0.05, 0.1) is 20.1 Å². The Morgan fingerprint density at radius 2 is 1.70 bits per heavy atom. The number of rotatable bonds is 5. The second-order valence-electron chi connectivity index (χ2n) is 7.93. The number of amides is 2. The number of fused-ring (bicyclic) bond motifs is 1. The predicted octanol–water partition coefficient (Wildman–Crippen LogP) is 4.04. The number of hydrogen-bond donors (Lipinski definition) is 1. The predicted molar refractivity (Wildman–Crippen MR) is 116 cm³/mol. The highest BCUT2D eigenvalue weighted by molar-refractivity contribution is 6.02. The van der Waals surface area contributed by atoms with Crippen molar-refractivity contribution in [3.05, 3.63) is 48.0 Å². The molecule has 1 N–H and O–H groups in total. The minimum absolute atomic E-state index is 0.0760. The van der Waals surface area contributed by atoms with Gasteiger partial charge in [0, 0.05) is 29.9 Å². The number of para-hydroxylation sites is 1. The second-order valence-corrected chi connectivity index (χ2v) is 7.93. The van der Waals surface area contributed by atoms with Crippen molar-refractivity contribution in [2.45, 2.75) is 32.1 Å². The van der Waals surface area contributed by atoms with Crippen LogP contribution in [-0.4, -0.2) is 32.6 Å². The Morgan fingerprint density at radius 1 is 0.967 bits per heavy atom. The lowest BCUT2D eigenvalue weighted by Gasteiger charge is -2.32. The standard InChI is InChI=1S/C24H28N2O4/c1-29-21-12-11-17(15-22(21)30-2)25-23(27)18-8-4-5-9-19(18)24(28)26-14-13-16-7-3-6-10-20(16)26/h3,6-7,10-12,15,18-19H,4-5,8-9,13-14H2,1-2H3,(H,25,27). The first-order valence-electron chi connectivity index (χ1n) is 10.5. The van der Waals surface area contributed by atoms with Gasteiger partial charge in [0.15, 0.2) is 11.5 Å². The van der Waals surface area contributed by atoms with Crippen LogP contribution in [0.3, 0.4) is 0 Å². The summed E-state index contributed by atoms with van der Waals surface area (Å²) in [5, 5.41) is 2.99. The maximum absolute atomic E-state index is 13.4. The molecule has 2 aromatic rings. The van der Waals surface area contributed by atoms with Crippen molar-refractivity contribution in [3.63, 3.8) is 0 Å². The van der Waals surface area contributed by atoms with Crippen molar-refractivity contribution in [2.75, 3.05) is 31.0 Å². The van der Waals surface area contributed by atoms with Gasteiger partial charge in [-0.3, -0.25) is 9.59 Å². The van der Waals surface area contributed by atoms with Crippen LogP contribution in [0.5, 0.6) is 11.5 Å². The topological polar surface area (TPSA) is 67.9 Å². The number of anilines is 2. The molecule has 2 unspecified atom stereocenters. The second kappa shape index (κ2) is 8.78. The number of methoxy groups -OCH3 is 2. The fourth-order valence-corrected chi connectivity index (χ4v) is 4.66. The molecule has 2 atom stereocenters. The molecule has 0 radical (unpaired) electrons. The Hall–Kier alpha value is -3.02. The first kappa shape index (κ1) is 20.3. The van der Waals surface area contributed by atoms with Gasteiger partial charge >= 0.3 is 0 Å². The zero-order valence-electron chi connectivity index (χ0n) is 17.5. The molecule has 0 spiro atoms. The average molecular weight is 408 g/mol. The largest absolute Gasteiger partial charge is 0.493 e. The van der Waals surface area contributed by atoms with Gasteiger partial charge < -0.3 is 19.7 Å². The van der Waals surface area contributed by atoms with E-state index < -0.39 is 0 Å². The normalized spacial score (nSPS) is 20.4. The molecule has 6 heteroatoms. The van der Waals surface area contributed by atoms with E-state index in [-0.39, 0.29) is 23.7 Å². The molecule has 6 nitrogen and oxygen atoms in total. The molecule has 1 heterocycles. The lowest BCUT2D eigenvalue weighted by Crippen LogP contribution is -2.43. The van der Waals surface area contributed by atoms with E-state index in [9.17, 15) is 9.59 Å². The van der Waals surface area contributed by atoms with Crippen LogP contribution in [0.1, 0.15) is 31.2 Å². The molecule has 1 fully saturated rings.